The zero-order valence-electron chi connectivity index (χ0n) is 18.6. The van der Waals surface area contributed by atoms with E-state index < -0.39 is 40.9 Å². The van der Waals surface area contributed by atoms with E-state index in [1.165, 1.54) is 0 Å². The van der Waals surface area contributed by atoms with E-state index in [4.69, 9.17) is 14.2 Å². The predicted molar refractivity (Wildman–Crippen MR) is 110 cm³/mol. The van der Waals surface area contributed by atoms with Crippen LogP contribution in [0.4, 0.5) is 0 Å². The van der Waals surface area contributed by atoms with Crippen LogP contribution in [0.5, 0.6) is 0 Å². The van der Waals surface area contributed by atoms with Gasteiger partial charge in [0.1, 0.15) is 11.2 Å². The molecule has 162 valence electrons. The molecule has 29 heavy (non-hydrogen) atoms. The number of benzene rings is 1. The fourth-order valence-electron chi connectivity index (χ4n) is 2.79. The van der Waals surface area contributed by atoms with E-state index in [9.17, 15) is 14.4 Å². The van der Waals surface area contributed by atoms with Crippen molar-refractivity contribution < 1.29 is 28.6 Å². The SMILES string of the molecule is CCOC(=O)C(CCc1ccccc1)C(C(=O)OC(C)(C)C)C(=O)OC(C)(C)C. The van der Waals surface area contributed by atoms with Crippen LogP contribution < -0.4 is 0 Å². The third-order valence-corrected chi connectivity index (χ3v) is 3.90. The summed E-state index contributed by atoms with van der Waals surface area (Å²) in [6.07, 6.45) is 0.762. The average Bonchev–Trinajstić information content (AvgIpc) is 2.56. The second kappa shape index (κ2) is 10.4. The lowest BCUT2D eigenvalue weighted by molar-refractivity contribution is -0.182. The van der Waals surface area contributed by atoms with E-state index in [1.807, 2.05) is 30.3 Å². The van der Waals surface area contributed by atoms with Crippen molar-refractivity contribution in [1.29, 1.82) is 0 Å². The Balaban J connectivity index is 3.22. The smallest absolute Gasteiger partial charge is 0.321 e. The van der Waals surface area contributed by atoms with Crippen LogP contribution in [0.25, 0.3) is 0 Å². The summed E-state index contributed by atoms with van der Waals surface area (Å²) in [5, 5.41) is 0. The van der Waals surface area contributed by atoms with Crippen molar-refractivity contribution in [2.75, 3.05) is 6.61 Å². The van der Waals surface area contributed by atoms with Gasteiger partial charge in [-0.05, 0) is 66.9 Å². The highest BCUT2D eigenvalue weighted by Crippen LogP contribution is 2.27. The number of carbonyl (C=O) groups excluding carboxylic acids is 3. The monoisotopic (exact) mass is 406 g/mol. The van der Waals surface area contributed by atoms with E-state index >= 15 is 0 Å². The molecular weight excluding hydrogens is 372 g/mol. The molecular formula is C23H34O6. The lowest BCUT2D eigenvalue weighted by Crippen LogP contribution is -2.43. The van der Waals surface area contributed by atoms with Gasteiger partial charge < -0.3 is 14.2 Å². The summed E-state index contributed by atoms with van der Waals surface area (Å²) >= 11 is 0. The normalized spacial score (nSPS) is 13.0. The number of carbonyl (C=O) groups is 3. The highest BCUT2D eigenvalue weighted by atomic mass is 16.6. The highest BCUT2D eigenvalue weighted by molar-refractivity contribution is 5.99. The molecule has 1 aromatic carbocycles. The van der Waals surface area contributed by atoms with Crippen molar-refractivity contribution >= 4 is 17.9 Å². The van der Waals surface area contributed by atoms with Crippen molar-refractivity contribution in [2.24, 2.45) is 11.8 Å². The molecule has 0 amide bonds. The molecule has 0 aliphatic rings. The largest absolute Gasteiger partial charge is 0.466 e. The second-order valence-electron chi connectivity index (χ2n) is 8.93. The molecule has 0 radical (unpaired) electrons. The molecule has 0 fully saturated rings. The minimum atomic E-state index is -1.39. The predicted octanol–water partition coefficient (Wildman–Crippen LogP) is 4.10. The molecule has 1 aromatic rings. The van der Waals surface area contributed by atoms with Gasteiger partial charge in [-0.25, -0.2) is 0 Å². The van der Waals surface area contributed by atoms with Gasteiger partial charge in [-0.3, -0.25) is 14.4 Å². The minimum absolute atomic E-state index is 0.149. The van der Waals surface area contributed by atoms with Gasteiger partial charge in [0.25, 0.3) is 0 Å². The van der Waals surface area contributed by atoms with Crippen molar-refractivity contribution in [3.63, 3.8) is 0 Å². The van der Waals surface area contributed by atoms with E-state index in [-0.39, 0.29) is 13.0 Å². The lowest BCUT2D eigenvalue weighted by atomic mass is 9.86. The molecule has 1 unspecified atom stereocenters. The summed E-state index contributed by atoms with van der Waals surface area (Å²) in [6, 6.07) is 9.55. The quantitative estimate of drug-likeness (QED) is 0.367. The van der Waals surface area contributed by atoms with Crippen LogP contribution in [-0.2, 0) is 35.0 Å². The molecule has 6 nitrogen and oxygen atoms in total. The molecule has 0 aromatic heterocycles. The summed E-state index contributed by atoms with van der Waals surface area (Å²) in [5.74, 6) is -4.56. The molecule has 1 atom stereocenters. The number of esters is 3. The van der Waals surface area contributed by atoms with E-state index in [0.717, 1.165) is 5.56 Å². The van der Waals surface area contributed by atoms with Crippen LogP contribution in [0, 0.1) is 11.8 Å². The Kier molecular flexibility index (Phi) is 8.86. The highest BCUT2D eigenvalue weighted by Gasteiger charge is 2.44. The van der Waals surface area contributed by atoms with Gasteiger partial charge in [0.05, 0.1) is 12.5 Å². The standard InChI is InChI=1S/C23H34O6/c1-8-27-19(24)17(15-14-16-12-10-9-11-13-16)18(20(25)28-22(2,3)4)21(26)29-23(5,6)7/h9-13,17-18H,8,14-15H2,1-7H3. The van der Waals surface area contributed by atoms with Crippen LogP contribution in [0.1, 0.15) is 60.5 Å². The van der Waals surface area contributed by atoms with Gasteiger partial charge in [0, 0.05) is 0 Å². The number of hydrogen-bond acceptors (Lipinski definition) is 6. The summed E-state index contributed by atoms with van der Waals surface area (Å²) in [6.45, 7) is 12.1. The zero-order valence-corrected chi connectivity index (χ0v) is 18.6. The van der Waals surface area contributed by atoms with Crippen LogP contribution in [0.3, 0.4) is 0 Å². The Morgan fingerprint density at radius 1 is 0.828 bits per heavy atom. The van der Waals surface area contributed by atoms with Gasteiger partial charge in [-0.1, -0.05) is 30.3 Å². The maximum atomic E-state index is 12.9. The van der Waals surface area contributed by atoms with Crippen LogP contribution in [0.15, 0.2) is 30.3 Å². The number of rotatable bonds is 8. The van der Waals surface area contributed by atoms with Crippen molar-refractivity contribution in [3.8, 4) is 0 Å². The zero-order chi connectivity index (χ0) is 22.2. The van der Waals surface area contributed by atoms with Crippen LogP contribution >= 0.6 is 0 Å². The molecule has 0 saturated heterocycles. The number of aryl methyl sites for hydroxylation is 1. The topological polar surface area (TPSA) is 78.9 Å². The van der Waals surface area contributed by atoms with Gasteiger partial charge in [0.2, 0.25) is 0 Å². The van der Waals surface area contributed by atoms with Crippen molar-refractivity contribution in [2.45, 2.75) is 72.5 Å². The van der Waals surface area contributed by atoms with E-state index in [0.29, 0.717) is 6.42 Å². The maximum absolute atomic E-state index is 12.9. The molecule has 0 saturated carbocycles. The fraction of sp³-hybridized carbons (Fsp3) is 0.609. The number of ether oxygens (including phenoxy) is 3. The summed E-state index contributed by atoms with van der Waals surface area (Å²) < 4.78 is 16.1. The second-order valence-corrected chi connectivity index (χ2v) is 8.93. The molecule has 0 N–H and O–H groups in total. The first-order valence-electron chi connectivity index (χ1n) is 10.0. The van der Waals surface area contributed by atoms with Gasteiger partial charge in [-0.15, -0.1) is 0 Å². The molecule has 0 bridgehead atoms. The third kappa shape index (κ3) is 9.11. The summed E-state index contributed by atoms with van der Waals surface area (Å²) in [7, 11) is 0. The molecule has 0 aliphatic carbocycles. The molecule has 0 heterocycles. The average molecular weight is 407 g/mol. The van der Waals surface area contributed by atoms with Gasteiger partial charge >= 0.3 is 17.9 Å². The van der Waals surface area contributed by atoms with Crippen molar-refractivity contribution in [1.82, 2.24) is 0 Å². The molecule has 1 rings (SSSR count). The van der Waals surface area contributed by atoms with Crippen molar-refractivity contribution in [3.05, 3.63) is 35.9 Å². The third-order valence-electron chi connectivity index (χ3n) is 3.90. The first-order valence-corrected chi connectivity index (χ1v) is 10.0. The van der Waals surface area contributed by atoms with Gasteiger partial charge in [0.15, 0.2) is 5.92 Å². The summed E-state index contributed by atoms with van der Waals surface area (Å²) in [5.41, 5.74) is -0.625. The maximum Gasteiger partial charge on any atom is 0.321 e. The summed E-state index contributed by atoms with van der Waals surface area (Å²) in [4.78, 5) is 38.5. The van der Waals surface area contributed by atoms with Gasteiger partial charge in [-0.2, -0.15) is 0 Å². The molecule has 6 heteroatoms. The first-order chi connectivity index (χ1) is 13.3. The number of hydrogen-bond donors (Lipinski definition) is 0. The van der Waals surface area contributed by atoms with Crippen LogP contribution in [0.2, 0.25) is 0 Å². The van der Waals surface area contributed by atoms with E-state index in [1.54, 1.807) is 48.5 Å². The Hall–Kier alpha value is -2.37. The molecule has 0 spiro atoms. The first kappa shape index (κ1) is 24.7. The Morgan fingerprint density at radius 2 is 1.31 bits per heavy atom. The lowest BCUT2D eigenvalue weighted by Gasteiger charge is -2.29. The minimum Gasteiger partial charge on any atom is -0.466 e. The van der Waals surface area contributed by atoms with Crippen LogP contribution in [-0.4, -0.2) is 35.7 Å². The Morgan fingerprint density at radius 3 is 1.72 bits per heavy atom. The Labute approximate surface area is 173 Å². The molecule has 0 aliphatic heterocycles. The fourth-order valence-corrected chi connectivity index (χ4v) is 2.79. The van der Waals surface area contributed by atoms with E-state index in [2.05, 4.69) is 0 Å². The Bertz CT molecular complexity index is 654.